The fraction of sp³-hybridized carbons (Fsp3) is 0.167. The molecule has 3 rings (SSSR count). The van der Waals surface area contributed by atoms with Crippen LogP contribution in [0.1, 0.15) is 16.1 Å². The summed E-state index contributed by atoms with van der Waals surface area (Å²) in [5.74, 6) is -0.0116. The van der Waals surface area contributed by atoms with Gasteiger partial charge in [-0.15, -0.1) is 0 Å². The van der Waals surface area contributed by atoms with Gasteiger partial charge in [-0.2, -0.15) is 5.10 Å². The summed E-state index contributed by atoms with van der Waals surface area (Å²) in [7, 11) is 0. The third-order valence-corrected chi connectivity index (χ3v) is 2.86. The van der Waals surface area contributed by atoms with Gasteiger partial charge in [0.25, 0.3) is 5.91 Å². The Balaban J connectivity index is 1.96. The van der Waals surface area contributed by atoms with Crippen molar-refractivity contribution in [1.29, 1.82) is 0 Å². The number of nitrogens with one attached hydrogen (secondary N) is 1. The van der Waals surface area contributed by atoms with Gasteiger partial charge >= 0.3 is 0 Å². The van der Waals surface area contributed by atoms with Gasteiger partial charge < -0.3 is 4.90 Å². The SMILES string of the molecule is O=C(c1ccn[nH]1)N1CCc2ccccc21. The first-order valence-corrected chi connectivity index (χ1v) is 5.25. The van der Waals surface area contributed by atoms with Crippen LogP contribution in [0.25, 0.3) is 0 Å². The van der Waals surface area contributed by atoms with Crippen molar-refractivity contribution in [3.05, 3.63) is 47.8 Å². The van der Waals surface area contributed by atoms with Crippen LogP contribution < -0.4 is 4.90 Å². The van der Waals surface area contributed by atoms with Crippen molar-refractivity contribution >= 4 is 11.6 Å². The number of carbonyl (C=O) groups excluding carboxylic acids is 1. The van der Waals surface area contributed by atoms with E-state index in [1.807, 2.05) is 18.2 Å². The van der Waals surface area contributed by atoms with Gasteiger partial charge in [0.15, 0.2) is 0 Å². The van der Waals surface area contributed by atoms with E-state index in [4.69, 9.17) is 0 Å². The molecule has 0 saturated carbocycles. The Morgan fingerprint density at radius 1 is 1.31 bits per heavy atom. The molecule has 1 aliphatic heterocycles. The molecule has 1 aliphatic rings. The molecule has 0 unspecified atom stereocenters. The lowest BCUT2D eigenvalue weighted by Crippen LogP contribution is -2.29. The highest BCUT2D eigenvalue weighted by molar-refractivity contribution is 6.05. The molecular formula is C12H11N3O. The molecular weight excluding hydrogens is 202 g/mol. The smallest absolute Gasteiger partial charge is 0.276 e. The molecule has 0 radical (unpaired) electrons. The van der Waals surface area contributed by atoms with E-state index in [0.717, 1.165) is 18.7 Å². The molecule has 0 saturated heterocycles. The fourth-order valence-corrected chi connectivity index (χ4v) is 2.07. The van der Waals surface area contributed by atoms with Gasteiger partial charge in [-0.1, -0.05) is 18.2 Å². The summed E-state index contributed by atoms with van der Waals surface area (Å²) in [4.78, 5) is 13.9. The minimum Gasteiger partial charge on any atom is -0.306 e. The number of hydrogen-bond donors (Lipinski definition) is 1. The summed E-state index contributed by atoms with van der Waals surface area (Å²) < 4.78 is 0. The lowest BCUT2D eigenvalue weighted by molar-refractivity contribution is 0.0984. The van der Waals surface area contributed by atoms with Crippen LogP contribution in [-0.2, 0) is 6.42 Å². The van der Waals surface area contributed by atoms with E-state index in [2.05, 4.69) is 16.3 Å². The predicted octanol–water partition coefficient (Wildman–Crippen LogP) is 1.61. The summed E-state index contributed by atoms with van der Waals surface area (Å²) in [6.07, 6.45) is 2.52. The molecule has 4 nitrogen and oxygen atoms in total. The number of aromatic amines is 1. The molecule has 1 amide bonds. The number of rotatable bonds is 1. The second-order valence-electron chi connectivity index (χ2n) is 3.81. The molecule has 80 valence electrons. The number of fused-ring (bicyclic) bond motifs is 1. The molecule has 1 aromatic carbocycles. The number of anilines is 1. The fourth-order valence-electron chi connectivity index (χ4n) is 2.07. The molecule has 1 N–H and O–H groups in total. The van der Waals surface area contributed by atoms with Crippen molar-refractivity contribution < 1.29 is 4.79 Å². The maximum absolute atomic E-state index is 12.1. The lowest BCUT2D eigenvalue weighted by atomic mass is 10.2. The molecule has 0 spiro atoms. The number of amides is 1. The zero-order valence-electron chi connectivity index (χ0n) is 8.68. The predicted molar refractivity (Wildman–Crippen MR) is 60.4 cm³/mol. The van der Waals surface area contributed by atoms with Crippen molar-refractivity contribution in [2.24, 2.45) is 0 Å². The highest BCUT2D eigenvalue weighted by Crippen LogP contribution is 2.28. The second-order valence-corrected chi connectivity index (χ2v) is 3.81. The molecule has 2 heterocycles. The van der Waals surface area contributed by atoms with E-state index < -0.39 is 0 Å². The van der Waals surface area contributed by atoms with Crippen LogP contribution >= 0.6 is 0 Å². The Morgan fingerprint density at radius 3 is 3.00 bits per heavy atom. The van der Waals surface area contributed by atoms with Crippen LogP contribution in [0.15, 0.2) is 36.5 Å². The third-order valence-electron chi connectivity index (χ3n) is 2.86. The third kappa shape index (κ3) is 1.31. The first-order valence-electron chi connectivity index (χ1n) is 5.25. The largest absolute Gasteiger partial charge is 0.306 e. The lowest BCUT2D eigenvalue weighted by Gasteiger charge is -2.15. The van der Waals surface area contributed by atoms with Gasteiger partial charge in [-0.05, 0) is 24.1 Å². The second kappa shape index (κ2) is 3.48. The van der Waals surface area contributed by atoms with Crippen LogP contribution in [0.4, 0.5) is 5.69 Å². The minimum absolute atomic E-state index is 0.0116. The molecule has 0 aliphatic carbocycles. The Kier molecular flexibility index (Phi) is 1.99. The summed E-state index contributed by atoms with van der Waals surface area (Å²) in [5.41, 5.74) is 2.79. The Labute approximate surface area is 92.9 Å². The molecule has 16 heavy (non-hydrogen) atoms. The summed E-state index contributed by atoms with van der Waals surface area (Å²) >= 11 is 0. The van der Waals surface area contributed by atoms with E-state index in [1.165, 1.54) is 5.56 Å². The molecule has 1 aromatic heterocycles. The molecule has 0 atom stereocenters. The number of nitrogens with zero attached hydrogens (tertiary/aromatic N) is 2. The van der Waals surface area contributed by atoms with E-state index in [9.17, 15) is 4.79 Å². The highest BCUT2D eigenvalue weighted by Gasteiger charge is 2.25. The van der Waals surface area contributed by atoms with Gasteiger partial charge in [-0.25, -0.2) is 0 Å². The van der Waals surface area contributed by atoms with Gasteiger partial charge in [0, 0.05) is 18.4 Å². The van der Waals surface area contributed by atoms with Crippen LogP contribution in [0.2, 0.25) is 0 Å². The first-order chi connectivity index (χ1) is 7.86. The van der Waals surface area contributed by atoms with Crippen LogP contribution in [0, 0.1) is 0 Å². The Bertz CT molecular complexity index is 519. The zero-order valence-corrected chi connectivity index (χ0v) is 8.68. The van der Waals surface area contributed by atoms with E-state index in [-0.39, 0.29) is 5.91 Å². The average Bonchev–Trinajstić information content (AvgIpc) is 2.98. The molecule has 0 bridgehead atoms. The summed E-state index contributed by atoms with van der Waals surface area (Å²) in [6, 6.07) is 9.70. The monoisotopic (exact) mass is 213 g/mol. The van der Waals surface area contributed by atoms with Crippen molar-refractivity contribution in [3.8, 4) is 0 Å². The molecule has 0 fully saturated rings. The van der Waals surface area contributed by atoms with Crippen molar-refractivity contribution in [2.75, 3.05) is 11.4 Å². The average molecular weight is 213 g/mol. The van der Waals surface area contributed by atoms with Gasteiger partial charge in [0.05, 0.1) is 0 Å². The van der Waals surface area contributed by atoms with Gasteiger partial charge in [0.2, 0.25) is 0 Å². The number of H-pyrrole nitrogens is 1. The zero-order chi connectivity index (χ0) is 11.0. The Morgan fingerprint density at radius 2 is 2.19 bits per heavy atom. The number of carbonyl (C=O) groups is 1. The maximum Gasteiger partial charge on any atom is 0.276 e. The van der Waals surface area contributed by atoms with Crippen molar-refractivity contribution in [1.82, 2.24) is 10.2 Å². The van der Waals surface area contributed by atoms with Gasteiger partial charge in [0.1, 0.15) is 5.69 Å². The van der Waals surface area contributed by atoms with Crippen LogP contribution in [0.3, 0.4) is 0 Å². The van der Waals surface area contributed by atoms with Crippen molar-refractivity contribution in [3.63, 3.8) is 0 Å². The minimum atomic E-state index is -0.0116. The summed E-state index contributed by atoms with van der Waals surface area (Å²) in [6.45, 7) is 0.747. The number of para-hydroxylation sites is 1. The van der Waals surface area contributed by atoms with Crippen LogP contribution in [0.5, 0.6) is 0 Å². The standard InChI is InChI=1S/C12H11N3O/c16-12(10-5-7-13-14-10)15-8-6-9-3-1-2-4-11(9)15/h1-5,7H,6,8H2,(H,13,14). The van der Waals surface area contributed by atoms with Gasteiger partial charge in [-0.3, -0.25) is 9.89 Å². The quantitative estimate of drug-likeness (QED) is 0.782. The number of hydrogen-bond acceptors (Lipinski definition) is 2. The molecule has 2 aromatic rings. The van der Waals surface area contributed by atoms with Crippen LogP contribution in [-0.4, -0.2) is 22.6 Å². The van der Waals surface area contributed by atoms with E-state index in [0.29, 0.717) is 5.69 Å². The highest BCUT2D eigenvalue weighted by atomic mass is 16.2. The number of benzene rings is 1. The van der Waals surface area contributed by atoms with E-state index in [1.54, 1.807) is 17.2 Å². The molecule has 4 heteroatoms. The number of aromatic nitrogens is 2. The first kappa shape index (κ1) is 9.15. The Hall–Kier alpha value is -2.10. The summed E-state index contributed by atoms with van der Waals surface area (Å²) in [5, 5.41) is 6.50. The topological polar surface area (TPSA) is 49.0 Å². The maximum atomic E-state index is 12.1. The van der Waals surface area contributed by atoms with E-state index >= 15 is 0 Å². The normalized spacial score (nSPS) is 13.9. The van der Waals surface area contributed by atoms with Crippen molar-refractivity contribution in [2.45, 2.75) is 6.42 Å².